The molecule has 19 heavy (non-hydrogen) atoms. The number of nitrogens with zero attached hydrogens (tertiary/aromatic N) is 2. The van der Waals surface area contributed by atoms with E-state index in [0.29, 0.717) is 10.6 Å². The van der Waals surface area contributed by atoms with Crippen molar-refractivity contribution in [2.75, 3.05) is 31.6 Å². The van der Waals surface area contributed by atoms with Gasteiger partial charge in [0.2, 0.25) is 0 Å². The highest BCUT2D eigenvalue weighted by Gasteiger charge is 2.31. The molecule has 4 heteroatoms. The Labute approximate surface area is 120 Å². The summed E-state index contributed by atoms with van der Waals surface area (Å²) in [4.78, 5) is 16.1. The first-order valence-corrected chi connectivity index (χ1v) is 6.96. The molecule has 3 nitrogen and oxygen atoms in total. The van der Waals surface area contributed by atoms with Gasteiger partial charge in [0.25, 0.3) is 0 Å². The van der Waals surface area contributed by atoms with Gasteiger partial charge in [0, 0.05) is 36.4 Å². The van der Waals surface area contributed by atoms with E-state index in [9.17, 15) is 4.79 Å². The zero-order valence-corrected chi connectivity index (χ0v) is 12.8. The number of halogens is 1. The molecule has 0 amide bonds. The number of likely N-dealkylation sites (N-methyl/N-ethyl adjacent to an activating group) is 1. The predicted octanol–water partition coefficient (Wildman–Crippen LogP) is 3.07. The van der Waals surface area contributed by atoms with Gasteiger partial charge in [0.15, 0.2) is 5.78 Å². The molecule has 2 rings (SSSR count). The van der Waals surface area contributed by atoms with E-state index in [1.165, 1.54) is 0 Å². The first-order chi connectivity index (χ1) is 8.81. The zero-order chi connectivity index (χ0) is 14.2. The maximum Gasteiger partial charge on any atom is 0.161 e. The Morgan fingerprint density at radius 3 is 2.53 bits per heavy atom. The molecule has 104 valence electrons. The Morgan fingerprint density at radius 1 is 1.32 bits per heavy atom. The molecule has 1 aliphatic heterocycles. The van der Waals surface area contributed by atoms with E-state index < -0.39 is 0 Å². The van der Waals surface area contributed by atoms with Crippen molar-refractivity contribution in [2.45, 2.75) is 26.3 Å². The van der Waals surface area contributed by atoms with Crippen molar-refractivity contribution in [3.63, 3.8) is 0 Å². The number of carbonyl (C=O) groups excluding carboxylic acids is 1. The van der Waals surface area contributed by atoms with Crippen molar-refractivity contribution in [3.05, 3.63) is 28.8 Å². The molecular weight excluding hydrogens is 260 g/mol. The third kappa shape index (κ3) is 2.93. The van der Waals surface area contributed by atoms with E-state index in [-0.39, 0.29) is 11.3 Å². The molecule has 1 heterocycles. The van der Waals surface area contributed by atoms with Crippen molar-refractivity contribution >= 4 is 23.1 Å². The fourth-order valence-electron chi connectivity index (χ4n) is 2.45. The number of hydrogen-bond acceptors (Lipinski definition) is 3. The molecule has 1 saturated heterocycles. The topological polar surface area (TPSA) is 23.6 Å². The van der Waals surface area contributed by atoms with E-state index in [0.717, 1.165) is 25.3 Å². The molecule has 0 N–H and O–H groups in total. The summed E-state index contributed by atoms with van der Waals surface area (Å²) >= 11 is 6.19. The van der Waals surface area contributed by atoms with E-state index >= 15 is 0 Å². The zero-order valence-electron chi connectivity index (χ0n) is 12.0. The lowest BCUT2D eigenvalue weighted by Gasteiger charge is -2.46. The molecule has 0 unspecified atom stereocenters. The van der Waals surface area contributed by atoms with Gasteiger partial charge in [-0.3, -0.25) is 9.69 Å². The molecule has 0 aromatic heterocycles. The Kier molecular flexibility index (Phi) is 3.88. The molecule has 1 fully saturated rings. The molecule has 1 aromatic carbocycles. The van der Waals surface area contributed by atoms with Gasteiger partial charge in [-0.15, -0.1) is 0 Å². The highest BCUT2D eigenvalue weighted by atomic mass is 35.5. The highest BCUT2D eigenvalue weighted by molar-refractivity contribution is 6.34. The number of benzene rings is 1. The maximum atomic E-state index is 11.4. The van der Waals surface area contributed by atoms with Gasteiger partial charge < -0.3 is 4.90 Å². The summed E-state index contributed by atoms with van der Waals surface area (Å²) in [6.45, 7) is 8.99. The lowest BCUT2D eigenvalue weighted by atomic mass is 9.99. The quantitative estimate of drug-likeness (QED) is 0.778. The molecule has 1 aliphatic rings. The summed E-state index contributed by atoms with van der Waals surface area (Å²) in [5.74, 6) is 0.00950. The lowest BCUT2D eigenvalue weighted by molar-refractivity contribution is 0.101. The third-order valence-electron chi connectivity index (χ3n) is 4.01. The van der Waals surface area contributed by atoms with Gasteiger partial charge in [-0.05, 0) is 46.0 Å². The highest BCUT2D eigenvalue weighted by Crippen LogP contribution is 2.28. The molecule has 0 bridgehead atoms. The number of anilines is 1. The van der Waals surface area contributed by atoms with Crippen LogP contribution in [0.15, 0.2) is 18.2 Å². The monoisotopic (exact) mass is 280 g/mol. The van der Waals surface area contributed by atoms with Crippen LogP contribution in [0, 0.1) is 0 Å². The minimum atomic E-state index is 0.00950. The van der Waals surface area contributed by atoms with Gasteiger partial charge in [-0.25, -0.2) is 0 Å². The van der Waals surface area contributed by atoms with Crippen LogP contribution in [0.4, 0.5) is 5.69 Å². The molecule has 0 radical (unpaired) electrons. The minimum absolute atomic E-state index is 0.00950. The average molecular weight is 281 g/mol. The predicted molar refractivity (Wildman–Crippen MR) is 80.4 cm³/mol. The summed E-state index contributed by atoms with van der Waals surface area (Å²) in [5.41, 5.74) is 1.83. The fourth-order valence-corrected chi connectivity index (χ4v) is 2.75. The number of piperazine rings is 1. The van der Waals surface area contributed by atoms with Gasteiger partial charge in [0.1, 0.15) is 0 Å². The number of ketones is 1. The maximum absolute atomic E-state index is 11.4. The summed E-state index contributed by atoms with van der Waals surface area (Å²) in [7, 11) is 2.16. The molecule has 0 spiro atoms. The van der Waals surface area contributed by atoms with Crippen LogP contribution in [0.3, 0.4) is 0 Å². The normalized spacial score (nSPS) is 19.5. The van der Waals surface area contributed by atoms with Crippen molar-refractivity contribution in [2.24, 2.45) is 0 Å². The summed E-state index contributed by atoms with van der Waals surface area (Å²) < 4.78 is 0. The molecule has 0 aliphatic carbocycles. The number of rotatable bonds is 2. The van der Waals surface area contributed by atoms with Crippen LogP contribution in [0.25, 0.3) is 0 Å². The van der Waals surface area contributed by atoms with Crippen LogP contribution in [-0.2, 0) is 0 Å². The number of hydrogen-bond donors (Lipinski definition) is 0. The van der Waals surface area contributed by atoms with Crippen LogP contribution in [0.5, 0.6) is 0 Å². The Hall–Kier alpha value is -1.06. The molecule has 1 aromatic rings. The van der Waals surface area contributed by atoms with Crippen molar-refractivity contribution in [3.8, 4) is 0 Å². The first-order valence-electron chi connectivity index (χ1n) is 6.58. The summed E-state index contributed by atoms with van der Waals surface area (Å²) in [6.07, 6.45) is 0. The fraction of sp³-hybridized carbons (Fsp3) is 0.533. The van der Waals surface area contributed by atoms with Crippen molar-refractivity contribution in [1.29, 1.82) is 0 Å². The van der Waals surface area contributed by atoms with Crippen LogP contribution < -0.4 is 4.90 Å². The van der Waals surface area contributed by atoms with Gasteiger partial charge in [-0.2, -0.15) is 0 Å². The Balaban J connectivity index is 2.24. The van der Waals surface area contributed by atoms with E-state index in [1.807, 2.05) is 18.2 Å². The second-order valence-corrected chi connectivity index (χ2v) is 6.28. The van der Waals surface area contributed by atoms with Crippen LogP contribution in [0.2, 0.25) is 5.02 Å². The smallest absolute Gasteiger partial charge is 0.161 e. The second-order valence-electron chi connectivity index (χ2n) is 5.88. The Bertz CT molecular complexity index is 499. The van der Waals surface area contributed by atoms with Gasteiger partial charge in [0.05, 0.1) is 5.02 Å². The lowest BCUT2D eigenvalue weighted by Crippen LogP contribution is -2.57. The SMILES string of the molecule is CC(=O)c1ccc(N2CCN(C)C(C)(C)C2)cc1Cl. The first kappa shape index (κ1) is 14.4. The summed E-state index contributed by atoms with van der Waals surface area (Å²) in [5, 5.41) is 0.543. The van der Waals surface area contributed by atoms with E-state index in [2.05, 4.69) is 30.7 Å². The van der Waals surface area contributed by atoms with E-state index in [1.54, 1.807) is 6.92 Å². The van der Waals surface area contributed by atoms with Crippen molar-refractivity contribution in [1.82, 2.24) is 4.90 Å². The van der Waals surface area contributed by atoms with E-state index in [4.69, 9.17) is 11.6 Å². The van der Waals surface area contributed by atoms with Gasteiger partial charge in [-0.1, -0.05) is 11.6 Å². The third-order valence-corrected chi connectivity index (χ3v) is 4.33. The molecular formula is C15H21ClN2O. The second kappa shape index (κ2) is 5.14. The molecule has 0 saturated carbocycles. The largest absolute Gasteiger partial charge is 0.368 e. The minimum Gasteiger partial charge on any atom is -0.368 e. The standard InChI is InChI=1S/C15H21ClN2O/c1-11(19)13-6-5-12(9-14(13)16)18-8-7-17(4)15(2,3)10-18/h5-6,9H,7-8,10H2,1-4H3. The average Bonchev–Trinajstić information content (AvgIpc) is 2.32. The van der Waals surface area contributed by atoms with Gasteiger partial charge >= 0.3 is 0 Å². The molecule has 0 atom stereocenters. The number of Topliss-reactive ketones (excluding diaryl/α,β-unsaturated/α-hetero) is 1. The van der Waals surface area contributed by atoms with Crippen LogP contribution in [-0.4, -0.2) is 42.9 Å². The van der Waals surface area contributed by atoms with Crippen molar-refractivity contribution < 1.29 is 4.79 Å². The summed E-state index contributed by atoms with van der Waals surface area (Å²) in [6, 6.07) is 5.72. The number of carbonyl (C=O) groups is 1. The van der Waals surface area contributed by atoms with Crippen LogP contribution >= 0.6 is 11.6 Å². The van der Waals surface area contributed by atoms with Crippen LogP contribution in [0.1, 0.15) is 31.1 Å². The Morgan fingerprint density at radius 2 is 2.00 bits per heavy atom.